The summed E-state index contributed by atoms with van der Waals surface area (Å²) >= 11 is 2.98. The minimum Gasteiger partial charge on any atom is -0.391 e. The number of aromatic nitrogens is 2. The van der Waals surface area contributed by atoms with Crippen LogP contribution in [0.3, 0.4) is 0 Å². The number of thiazole rings is 1. The summed E-state index contributed by atoms with van der Waals surface area (Å²) in [5.74, 6) is 0.536. The number of nitrogens with zero attached hydrogens (tertiary/aromatic N) is 3. The second-order valence-electron chi connectivity index (χ2n) is 4.78. The normalized spacial score (nSPS) is 19.9. The predicted octanol–water partition coefficient (Wildman–Crippen LogP) is 2.12. The molecule has 3 heterocycles. The molecule has 0 saturated carbocycles. The van der Waals surface area contributed by atoms with E-state index < -0.39 is 0 Å². The highest BCUT2D eigenvalue weighted by atomic mass is 32.1. The van der Waals surface area contributed by atoms with Gasteiger partial charge in [-0.2, -0.15) is 4.37 Å². The molecule has 0 aromatic carbocycles. The first-order valence-corrected chi connectivity index (χ1v) is 7.91. The van der Waals surface area contributed by atoms with E-state index in [0.29, 0.717) is 12.4 Å². The summed E-state index contributed by atoms with van der Waals surface area (Å²) < 4.78 is 4.27. The van der Waals surface area contributed by atoms with Gasteiger partial charge >= 0.3 is 0 Å². The van der Waals surface area contributed by atoms with E-state index in [1.807, 2.05) is 12.3 Å². The summed E-state index contributed by atoms with van der Waals surface area (Å²) in [6.07, 6.45) is 1.61. The fourth-order valence-electron chi connectivity index (χ4n) is 2.32. The lowest BCUT2D eigenvalue weighted by Crippen LogP contribution is -2.38. The monoisotopic (exact) mass is 296 g/mol. The molecule has 1 aliphatic rings. The van der Waals surface area contributed by atoms with E-state index in [1.54, 1.807) is 11.3 Å². The molecule has 19 heavy (non-hydrogen) atoms. The van der Waals surface area contributed by atoms with E-state index in [0.717, 1.165) is 40.7 Å². The molecule has 0 radical (unpaired) electrons. The Morgan fingerprint density at radius 3 is 3.05 bits per heavy atom. The van der Waals surface area contributed by atoms with E-state index >= 15 is 0 Å². The second-order valence-corrected chi connectivity index (χ2v) is 6.39. The highest BCUT2D eigenvalue weighted by Crippen LogP contribution is 2.41. The van der Waals surface area contributed by atoms with Crippen LogP contribution in [0.4, 0.5) is 10.8 Å². The van der Waals surface area contributed by atoms with Crippen molar-refractivity contribution in [3.63, 3.8) is 0 Å². The average molecular weight is 296 g/mol. The molecular formula is C12H16N4OS2. The molecule has 102 valence electrons. The summed E-state index contributed by atoms with van der Waals surface area (Å²) in [6, 6.07) is 0. The van der Waals surface area contributed by atoms with Gasteiger partial charge in [0.25, 0.3) is 0 Å². The van der Waals surface area contributed by atoms with Crippen molar-refractivity contribution >= 4 is 33.7 Å². The zero-order chi connectivity index (χ0) is 13.4. The lowest BCUT2D eigenvalue weighted by molar-refractivity contribution is 0.154. The van der Waals surface area contributed by atoms with Crippen molar-refractivity contribution in [2.45, 2.75) is 25.9 Å². The maximum Gasteiger partial charge on any atom is 0.149 e. The van der Waals surface area contributed by atoms with Gasteiger partial charge in [-0.05, 0) is 31.3 Å². The van der Waals surface area contributed by atoms with Crippen LogP contribution in [-0.4, -0.2) is 33.7 Å². The third-order valence-electron chi connectivity index (χ3n) is 3.22. The van der Waals surface area contributed by atoms with Crippen molar-refractivity contribution < 1.29 is 5.11 Å². The van der Waals surface area contributed by atoms with Crippen LogP contribution in [0.1, 0.15) is 18.5 Å². The molecule has 1 atom stereocenters. The SMILES string of the molecule is Cc1csc(-c2c(N)nsc2N2CCCC(O)C2)n1. The Morgan fingerprint density at radius 2 is 2.37 bits per heavy atom. The molecule has 1 fully saturated rings. The number of piperidine rings is 1. The van der Waals surface area contributed by atoms with Crippen LogP contribution in [0.15, 0.2) is 5.38 Å². The van der Waals surface area contributed by atoms with Gasteiger partial charge in [0.2, 0.25) is 0 Å². The topological polar surface area (TPSA) is 75.3 Å². The number of hydrogen-bond donors (Lipinski definition) is 2. The zero-order valence-corrected chi connectivity index (χ0v) is 12.3. The molecule has 1 unspecified atom stereocenters. The number of anilines is 2. The van der Waals surface area contributed by atoms with Crippen LogP contribution in [0.2, 0.25) is 0 Å². The number of nitrogen functional groups attached to an aromatic ring is 1. The van der Waals surface area contributed by atoms with Crippen LogP contribution < -0.4 is 10.6 Å². The van der Waals surface area contributed by atoms with Gasteiger partial charge in [-0.25, -0.2) is 4.98 Å². The Labute approximate surface area is 119 Å². The highest BCUT2D eigenvalue weighted by molar-refractivity contribution is 7.15. The molecule has 2 aromatic rings. The third-order valence-corrected chi connectivity index (χ3v) is 5.12. The zero-order valence-electron chi connectivity index (χ0n) is 10.7. The Hall–Kier alpha value is -1.18. The van der Waals surface area contributed by atoms with E-state index in [2.05, 4.69) is 14.3 Å². The van der Waals surface area contributed by atoms with E-state index in [-0.39, 0.29) is 6.10 Å². The third kappa shape index (κ3) is 2.45. The molecule has 0 amide bonds. The van der Waals surface area contributed by atoms with Gasteiger partial charge in [0.05, 0.1) is 11.7 Å². The number of aryl methyl sites for hydroxylation is 1. The minimum absolute atomic E-state index is 0.261. The van der Waals surface area contributed by atoms with Crippen molar-refractivity contribution in [3.05, 3.63) is 11.1 Å². The Kier molecular flexibility index (Phi) is 3.42. The van der Waals surface area contributed by atoms with Crippen LogP contribution in [0.25, 0.3) is 10.6 Å². The van der Waals surface area contributed by atoms with Gasteiger partial charge < -0.3 is 15.7 Å². The van der Waals surface area contributed by atoms with Gasteiger partial charge in [0.15, 0.2) is 0 Å². The molecular weight excluding hydrogens is 280 g/mol. The Balaban J connectivity index is 1.98. The Bertz CT molecular complexity index is 580. The second kappa shape index (κ2) is 5.07. The molecule has 0 bridgehead atoms. The van der Waals surface area contributed by atoms with Crippen molar-refractivity contribution in [1.82, 2.24) is 9.36 Å². The standard InChI is InChI=1S/C12H16N4OS2/c1-7-6-18-11(14-7)9-10(13)15-19-12(9)16-4-2-3-8(17)5-16/h6,8,17H,2-5H2,1H3,(H2,13,15). The molecule has 0 spiro atoms. The van der Waals surface area contributed by atoms with Crippen LogP contribution >= 0.6 is 22.9 Å². The van der Waals surface area contributed by atoms with E-state index in [9.17, 15) is 5.11 Å². The van der Waals surface area contributed by atoms with Crippen LogP contribution in [-0.2, 0) is 0 Å². The number of nitrogens with two attached hydrogens (primary N) is 1. The van der Waals surface area contributed by atoms with E-state index in [4.69, 9.17) is 5.73 Å². The summed E-state index contributed by atoms with van der Waals surface area (Å²) in [4.78, 5) is 6.68. The molecule has 3 rings (SSSR count). The number of rotatable bonds is 2. The average Bonchev–Trinajstić information content (AvgIpc) is 2.95. The lowest BCUT2D eigenvalue weighted by atomic mass is 10.1. The molecule has 1 saturated heterocycles. The summed E-state index contributed by atoms with van der Waals surface area (Å²) in [7, 11) is 0. The number of hydrogen-bond acceptors (Lipinski definition) is 7. The fourth-order valence-corrected chi connectivity index (χ4v) is 4.08. The summed E-state index contributed by atoms with van der Waals surface area (Å²) in [5, 5.41) is 13.8. The number of β-amino-alcohol motifs (C(OH)–C–C–N with tert-alkyl or cyclic N) is 1. The first kappa shape index (κ1) is 12.8. The summed E-state index contributed by atoms with van der Waals surface area (Å²) in [5.41, 5.74) is 7.92. The largest absolute Gasteiger partial charge is 0.391 e. The fraction of sp³-hybridized carbons (Fsp3) is 0.500. The first-order valence-electron chi connectivity index (χ1n) is 6.26. The maximum atomic E-state index is 9.81. The van der Waals surface area contributed by atoms with Crippen molar-refractivity contribution in [2.24, 2.45) is 0 Å². The highest BCUT2D eigenvalue weighted by Gasteiger charge is 2.25. The molecule has 0 aliphatic carbocycles. The molecule has 7 heteroatoms. The van der Waals surface area contributed by atoms with Crippen molar-refractivity contribution in [3.8, 4) is 10.6 Å². The van der Waals surface area contributed by atoms with Crippen LogP contribution in [0, 0.1) is 6.92 Å². The van der Waals surface area contributed by atoms with Crippen molar-refractivity contribution in [2.75, 3.05) is 23.7 Å². The maximum absolute atomic E-state index is 9.81. The minimum atomic E-state index is -0.261. The van der Waals surface area contributed by atoms with Gasteiger partial charge in [-0.3, -0.25) is 0 Å². The van der Waals surface area contributed by atoms with Crippen molar-refractivity contribution in [1.29, 1.82) is 0 Å². The molecule has 1 aliphatic heterocycles. The quantitative estimate of drug-likeness (QED) is 0.888. The number of aliphatic hydroxyl groups is 1. The lowest BCUT2D eigenvalue weighted by Gasteiger charge is -2.31. The Morgan fingerprint density at radius 1 is 1.53 bits per heavy atom. The van der Waals surface area contributed by atoms with E-state index in [1.165, 1.54) is 11.5 Å². The van der Waals surface area contributed by atoms with Gasteiger partial charge in [-0.15, -0.1) is 11.3 Å². The van der Waals surface area contributed by atoms with Gasteiger partial charge in [0.1, 0.15) is 15.8 Å². The predicted molar refractivity (Wildman–Crippen MR) is 79.8 cm³/mol. The summed E-state index contributed by atoms with van der Waals surface area (Å²) in [6.45, 7) is 3.56. The number of aliphatic hydroxyl groups excluding tert-OH is 1. The molecule has 5 nitrogen and oxygen atoms in total. The smallest absolute Gasteiger partial charge is 0.149 e. The molecule has 3 N–H and O–H groups in total. The van der Waals surface area contributed by atoms with Crippen LogP contribution in [0.5, 0.6) is 0 Å². The first-order chi connectivity index (χ1) is 9.15. The van der Waals surface area contributed by atoms with Gasteiger partial charge in [-0.1, -0.05) is 0 Å². The molecule has 2 aromatic heterocycles. The van der Waals surface area contributed by atoms with Gasteiger partial charge in [0, 0.05) is 24.2 Å².